The fourth-order valence-electron chi connectivity index (χ4n) is 2.06. The number of carbonyl (C=O) groups excluding carboxylic acids is 2. The molecule has 0 aliphatic heterocycles. The lowest BCUT2D eigenvalue weighted by atomic mass is 10.1. The predicted octanol–water partition coefficient (Wildman–Crippen LogP) is 3.03. The zero-order valence-corrected chi connectivity index (χ0v) is 13.6. The van der Waals surface area contributed by atoms with E-state index in [2.05, 4.69) is 5.32 Å². The van der Waals surface area contributed by atoms with Gasteiger partial charge < -0.3 is 14.8 Å². The van der Waals surface area contributed by atoms with Crippen LogP contribution < -0.4 is 10.1 Å². The number of nitro benzene ring substituents is 1. The van der Waals surface area contributed by atoms with E-state index in [1.807, 2.05) is 0 Å². The van der Waals surface area contributed by atoms with Crippen LogP contribution in [0.15, 0.2) is 42.5 Å². The number of rotatable bonds is 6. The van der Waals surface area contributed by atoms with E-state index in [4.69, 9.17) is 9.47 Å². The molecule has 0 atom stereocenters. The molecule has 0 radical (unpaired) electrons. The molecular formula is C17H16N2O6. The van der Waals surface area contributed by atoms with Crippen molar-refractivity contribution in [1.82, 2.24) is 0 Å². The lowest BCUT2D eigenvalue weighted by Crippen LogP contribution is -2.14. The third-order valence-electron chi connectivity index (χ3n) is 3.25. The second-order valence-corrected chi connectivity index (χ2v) is 4.93. The predicted molar refractivity (Wildman–Crippen MR) is 90.0 cm³/mol. The number of hydrogen-bond acceptors (Lipinski definition) is 6. The fourth-order valence-corrected chi connectivity index (χ4v) is 2.06. The van der Waals surface area contributed by atoms with Gasteiger partial charge in [-0.15, -0.1) is 0 Å². The molecule has 130 valence electrons. The van der Waals surface area contributed by atoms with Gasteiger partial charge in [-0.1, -0.05) is 0 Å². The van der Waals surface area contributed by atoms with Gasteiger partial charge in [0, 0.05) is 23.4 Å². The van der Waals surface area contributed by atoms with E-state index in [-0.39, 0.29) is 23.4 Å². The van der Waals surface area contributed by atoms with Crippen molar-refractivity contribution in [3.05, 3.63) is 63.7 Å². The Balaban J connectivity index is 2.30. The Kier molecular flexibility index (Phi) is 5.67. The van der Waals surface area contributed by atoms with Crippen LogP contribution in [0.5, 0.6) is 5.75 Å². The van der Waals surface area contributed by atoms with Crippen LogP contribution in [0.25, 0.3) is 0 Å². The van der Waals surface area contributed by atoms with Crippen molar-refractivity contribution in [2.45, 2.75) is 6.92 Å². The average Bonchev–Trinajstić information content (AvgIpc) is 2.62. The minimum absolute atomic E-state index is 0.0203. The number of non-ortho nitro benzene ring substituents is 1. The molecule has 0 bridgehead atoms. The van der Waals surface area contributed by atoms with Gasteiger partial charge in [0.15, 0.2) is 0 Å². The van der Waals surface area contributed by atoms with Crippen molar-refractivity contribution in [2.75, 3.05) is 19.0 Å². The van der Waals surface area contributed by atoms with Gasteiger partial charge in [-0.05, 0) is 37.3 Å². The maximum absolute atomic E-state index is 12.4. The van der Waals surface area contributed by atoms with E-state index in [0.717, 1.165) is 12.1 Å². The molecule has 2 rings (SSSR count). The van der Waals surface area contributed by atoms with Crippen LogP contribution >= 0.6 is 0 Å². The standard InChI is InChI=1S/C17H16N2O6/c1-3-25-17(21)12-8-11(9-14(10-12)19(22)23)16(20)18-13-4-6-15(24-2)7-5-13/h4-10H,3H2,1-2H3,(H,18,20). The number of esters is 1. The third kappa shape index (κ3) is 4.54. The van der Waals surface area contributed by atoms with Crippen molar-refractivity contribution < 1.29 is 24.0 Å². The molecule has 0 spiro atoms. The topological polar surface area (TPSA) is 108 Å². The Labute approximate surface area is 143 Å². The molecule has 25 heavy (non-hydrogen) atoms. The van der Waals surface area contributed by atoms with Gasteiger partial charge in [-0.25, -0.2) is 4.79 Å². The first-order chi connectivity index (χ1) is 11.9. The van der Waals surface area contributed by atoms with Crippen molar-refractivity contribution in [3.8, 4) is 5.75 Å². The number of nitrogens with one attached hydrogen (secondary N) is 1. The van der Waals surface area contributed by atoms with Gasteiger partial charge in [-0.2, -0.15) is 0 Å². The minimum Gasteiger partial charge on any atom is -0.497 e. The second kappa shape index (κ2) is 7.91. The number of benzene rings is 2. The van der Waals surface area contributed by atoms with Crippen LogP contribution in [0.3, 0.4) is 0 Å². The van der Waals surface area contributed by atoms with Crippen molar-refractivity contribution in [3.63, 3.8) is 0 Å². The molecule has 8 nitrogen and oxygen atoms in total. The summed E-state index contributed by atoms with van der Waals surface area (Å²) in [7, 11) is 1.52. The molecular weight excluding hydrogens is 328 g/mol. The van der Waals surface area contributed by atoms with Gasteiger partial charge in [0.1, 0.15) is 5.75 Å². The molecule has 1 amide bonds. The van der Waals surface area contributed by atoms with Gasteiger partial charge in [-0.3, -0.25) is 14.9 Å². The summed E-state index contributed by atoms with van der Waals surface area (Å²) in [6, 6.07) is 9.99. The highest BCUT2D eigenvalue weighted by Gasteiger charge is 2.18. The smallest absolute Gasteiger partial charge is 0.338 e. The maximum Gasteiger partial charge on any atom is 0.338 e. The number of hydrogen-bond donors (Lipinski definition) is 1. The molecule has 0 heterocycles. The van der Waals surface area contributed by atoms with E-state index in [1.165, 1.54) is 13.2 Å². The number of carbonyl (C=O) groups is 2. The molecule has 0 fully saturated rings. The first kappa shape index (κ1) is 17.9. The SMILES string of the molecule is CCOC(=O)c1cc(C(=O)Nc2ccc(OC)cc2)cc([N+](=O)[O-])c1. The minimum atomic E-state index is -0.732. The van der Waals surface area contributed by atoms with E-state index in [1.54, 1.807) is 31.2 Å². The zero-order valence-electron chi connectivity index (χ0n) is 13.6. The van der Waals surface area contributed by atoms with Crippen molar-refractivity contribution >= 4 is 23.3 Å². The summed E-state index contributed by atoms with van der Waals surface area (Å²) in [5.41, 5.74) is 0.0319. The first-order valence-corrected chi connectivity index (χ1v) is 7.36. The Hall–Kier alpha value is -3.42. The van der Waals surface area contributed by atoms with Crippen LogP contribution in [0.2, 0.25) is 0 Å². The van der Waals surface area contributed by atoms with Gasteiger partial charge in [0.25, 0.3) is 11.6 Å². The summed E-state index contributed by atoms with van der Waals surface area (Å²) in [5, 5.41) is 13.6. The van der Waals surface area contributed by atoms with Gasteiger partial charge in [0.05, 0.1) is 24.2 Å². The summed E-state index contributed by atoms with van der Waals surface area (Å²) in [6.07, 6.45) is 0. The summed E-state index contributed by atoms with van der Waals surface area (Å²) in [4.78, 5) is 34.6. The number of amides is 1. The Bertz CT molecular complexity index is 801. The average molecular weight is 344 g/mol. The number of methoxy groups -OCH3 is 1. The number of ether oxygens (including phenoxy) is 2. The van der Waals surface area contributed by atoms with Crippen LogP contribution in [0.1, 0.15) is 27.6 Å². The molecule has 0 saturated heterocycles. The molecule has 0 aliphatic carbocycles. The summed E-state index contributed by atoms with van der Waals surface area (Å²) < 4.78 is 9.86. The summed E-state index contributed by atoms with van der Waals surface area (Å²) >= 11 is 0. The number of nitrogens with zero attached hydrogens (tertiary/aromatic N) is 1. The van der Waals surface area contributed by atoms with E-state index in [0.29, 0.717) is 11.4 Å². The van der Waals surface area contributed by atoms with Crippen LogP contribution in [0.4, 0.5) is 11.4 Å². The van der Waals surface area contributed by atoms with E-state index in [9.17, 15) is 19.7 Å². The molecule has 8 heteroatoms. The molecule has 0 aromatic heterocycles. The van der Waals surface area contributed by atoms with Gasteiger partial charge >= 0.3 is 5.97 Å². The van der Waals surface area contributed by atoms with Crippen molar-refractivity contribution in [2.24, 2.45) is 0 Å². The highest BCUT2D eigenvalue weighted by Crippen LogP contribution is 2.20. The quantitative estimate of drug-likeness (QED) is 0.490. The van der Waals surface area contributed by atoms with Crippen LogP contribution in [-0.2, 0) is 4.74 Å². The molecule has 2 aromatic carbocycles. The summed E-state index contributed by atoms with van der Waals surface area (Å²) in [5.74, 6) is -0.693. The summed E-state index contributed by atoms with van der Waals surface area (Å²) in [6.45, 7) is 1.74. The highest BCUT2D eigenvalue weighted by atomic mass is 16.6. The molecule has 1 N–H and O–H groups in total. The Morgan fingerprint density at radius 1 is 1.12 bits per heavy atom. The largest absolute Gasteiger partial charge is 0.497 e. The normalized spacial score (nSPS) is 10.0. The molecule has 0 saturated carbocycles. The van der Waals surface area contributed by atoms with Crippen LogP contribution in [-0.4, -0.2) is 30.5 Å². The van der Waals surface area contributed by atoms with Gasteiger partial charge in [0.2, 0.25) is 0 Å². The lowest BCUT2D eigenvalue weighted by molar-refractivity contribution is -0.384. The lowest BCUT2D eigenvalue weighted by Gasteiger charge is -2.08. The first-order valence-electron chi connectivity index (χ1n) is 7.36. The number of nitro groups is 1. The Morgan fingerprint density at radius 3 is 2.32 bits per heavy atom. The Morgan fingerprint density at radius 2 is 1.76 bits per heavy atom. The fraction of sp³-hybridized carbons (Fsp3) is 0.176. The van der Waals surface area contributed by atoms with Crippen LogP contribution in [0, 0.1) is 10.1 Å². The third-order valence-corrected chi connectivity index (χ3v) is 3.25. The molecule has 0 unspecified atom stereocenters. The number of anilines is 1. The highest BCUT2D eigenvalue weighted by molar-refractivity contribution is 6.06. The zero-order chi connectivity index (χ0) is 18.4. The van der Waals surface area contributed by atoms with E-state index < -0.39 is 16.8 Å². The molecule has 2 aromatic rings. The second-order valence-electron chi connectivity index (χ2n) is 4.93. The molecule has 0 aliphatic rings. The maximum atomic E-state index is 12.4. The monoisotopic (exact) mass is 344 g/mol. The van der Waals surface area contributed by atoms with E-state index >= 15 is 0 Å². The van der Waals surface area contributed by atoms with Crippen molar-refractivity contribution in [1.29, 1.82) is 0 Å².